The SMILES string of the molecule is C=C/C=c1/c(C)c(C)n(C)/c1=C/C. The van der Waals surface area contributed by atoms with Crippen molar-refractivity contribution >= 4 is 12.2 Å². The zero-order valence-corrected chi connectivity index (χ0v) is 8.89. The van der Waals surface area contributed by atoms with E-state index in [4.69, 9.17) is 0 Å². The highest BCUT2D eigenvalue weighted by atomic mass is 14.9. The van der Waals surface area contributed by atoms with Gasteiger partial charge in [-0.15, -0.1) is 0 Å². The molecular weight excluding hydrogens is 158 g/mol. The van der Waals surface area contributed by atoms with Crippen LogP contribution in [0.15, 0.2) is 12.7 Å². The second-order valence-corrected chi connectivity index (χ2v) is 3.26. The quantitative estimate of drug-likeness (QED) is 0.608. The van der Waals surface area contributed by atoms with Crippen LogP contribution in [-0.4, -0.2) is 4.57 Å². The van der Waals surface area contributed by atoms with Crippen LogP contribution in [0.25, 0.3) is 12.2 Å². The summed E-state index contributed by atoms with van der Waals surface area (Å²) >= 11 is 0. The number of rotatable bonds is 1. The highest BCUT2D eigenvalue weighted by Crippen LogP contribution is 1.96. The Hall–Kier alpha value is -1.24. The molecule has 1 aromatic rings. The molecule has 1 heteroatoms. The topological polar surface area (TPSA) is 4.93 Å². The van der Waals surface area contributed by atoms with Crippen LogP contribution in [0.2, 0.25) is 0 Å². The summed E-state index contributed by atoms with van der Waals surface area (Å²) in [6.07, 6.45) is 6.04. The van der Waals surface area contributed by atoms with Gasteiger partial charge in [-0.25, -0.2) is 0 Å². The number of hydrogen-bond donors (Lipinski definition) is 0. The molecule has 1 nitrogen and oxygen atoms in total. The lowest BCUT2D eigenvalue weighted by Crippen LogP contribution is -2.28. The second kappa shape index (κ2) is 3.65. The van der Waals surface area contributed by atoms with Crippen LogP contribution in [0.3, 0.4) is 0 Å². The molecule has 0 bridgehead atoms. The van der Waals surface area contributed by atoms with Gasteiger partial charge in [-0.05, 0) is 26.3 Å². The van der Waals surface area contributed by atoms with E-state index in [9.17, 15) is 0 Å². The summed E-state index contributed by atoms with van der Waals surface area (Å²) in [4.78, 5) is 0. The third-order valence-corrected chi connectivity index (χ3v) is 2.65. The number of nitrogens with zero attached hydrogens (tertiary/aromatic N) is 1. The predicted molar refractivity (Wildman–Crippen MR) is 58.9 cm³/mol. The van der Waals surface area contributed by atoms with E-state index in [2.05, 4.69) is 51.1 Å². The van der Waals surface area contributed by atoms with Crippen LogP contribution >= 0.6 is 0 Å². The van der Waals surface area contributed by atoms with E-state index < -0.39 is 0 Å². The Labute approximate surface area is 79.7 Å². The molecule has 0 amide bonds. The van der Waals surface area contributed by atoms with Crippen LogP contribution in [-0.2, 0) is 7.05 Å². The summed E-state index contributed by atoms with van der Waals surface area (Å²) in [6, 6.07) is 0. The Morgan fingerprint density at radius 1 is 1.31 bits per heavy atom. The van der Waals surface area contributed by atoms with Gasteiger partial charge in [0.05, 0.1) is 0 Å². The van der Waals surface area contributed by atoms with Crippen molar-refractivity contribution in [3.8, 4) is 0 Å². The number of hydrogen-bond acceptors (Lipinski definition) is 0. The Morgan fingerprint density at radius 3 is 2.38 bits per heavy atom. The molecule has 1 heterocycles. The first-order chi connectivity index (χ1) is 6.13. The minimum absolute atomic E-state index is 1.27. The Bertz CT molecular complexity index is 433. The monoisotopic (exact) mass is 175 g/mol. The molecule has 70 valence electrons. The van der Waals surface area contributed by atoms with Gasteiger partial charge in [0.1, 0.15) is 0 Å². The normalized spacial score (nSPS) is 13.8. The fraction of sp³-hybridized carbons (Fsp3) is 0.333. The van der Waals surface area contributed by atoms with E-state index in [1.54, 1.807) is 0 Å². The van der Waals surface area contributed by atoms with Gasteiger partial charge in [-0.3, -0.25) is 0 Å². The highest BCUT2D eigenvalue weighted by molar-refractivity contribution is 5.42. The van der Waals surface area contributed by atoms with Crippen molar-refractivity contribution in [2.75, 3.05) is 0 Å². The van der Waals surface area contributed by atoms with E-state index in [0.29, 0.717) is 0 Å². The van der Waals surface area contributed by atoms with Gasteiger partial charge in [-0.2, -0.15) is 0 Å². The molecule has 0 saturated heterocycles. The zero-order valence-electron chi connectivity index (χ0n) is 8.89. The maximum absolute atomic E-state index is 3.73. The molecule has 0 aliphatic heterocycles. The average molecular weight is 175 g/mol. The third-order valence-electron chi connectivity index (χ3n) is 2.65. The molecule has 0 N–H and O–H groups in total. The molecule has 0 atom stereocenters. The smallest absolute Gasteiger partial charge is 0.0439 e. The molecule has 13 heavy (non-hydrogen) atoms. The summed E-state index contributed by atoms with van der Waals surface area (Å²) < 4.78 is 2.21. The van der Waals surface area contributed by atoms with E-state index >= 15 is 0 Å². The highest BCUT2D eigenvalue weighted by Gasteiger charge is 2.01. The van der Waals surface area contributed by atoms with Crippen LogP contribution in [0, 0.1) is 13.8 Å². The first-order valence-corrected chi connectivity index (χ1v) is 4.54. The standard InChI is InChI=1S/C12H17N/c1-6-8-11-9(3)10(4)13(5)12(11)7-2/h6-8H,1H2,2-5H3/b11-8-,12-7+. The molecule has 0 aliphatic carbocycles. The predicted octanol–water partition coefficient (Wildman–Crippen LogP) is 1.41. The van der Waals surface area contributed by atoms with Gasteiger partial charge < -0.3 is 4.57 Å². The molecule has 0 aliphatic rings. The Balaban J connectivity index is 3.80. The van der Waals surface area contributed by atoms with Crippen molar-refractivity contribution in [3.05, 3.63) is 34.5 Å². The van der Waals surface area contributed by atoms with Crippen LogP contribution in [0.1, 0.15) is 18.2 Å². The Morgan fingerprint density at radius 2 is 1.92 bits per heavy atom. The minimum Gasteiger partial charge on any atom is -0.348 e. The fourth-order valence-corrected chi connectivity index (χ4v) is 1.68. The maximum Gasteiger partial charge on any atom is 0.0439 e. The van der Waals surface area contributed by atoms with Crippen LogP contribution in [0.5, 0.6) is 0 Å². The summed E-state index contributed by atoms with van der Waals surface area (Å²) in [6.45, 7) is 10.1. The van der Waals surface area contributed by atoms with Crippen molar-refractivity contribution in [2.24, 2.45) is 7.05 Å². The molecule has 0 spiro atoms. The maximum atomic E-state index is 3.73. The number of aromatic nitrogens is 1. The van der Waals surface area contributed by atoms with Crippen molar-refractivity contribution in [1.82, 2.24) is 4.57 Å². The van der Waals surface area contributed by atoms with E-state index in [1.807, 2.05) is 6.08 Å². The zero-order chi connectivity index (χ0) is 10.0. The fourth-order valence-electron chi connectivity index (χ4n) is 1.68. The Kier molecular flexibility index (Phi) is 2.76. The number of allylic oxidation sites excluding steroid dienone is 1. The molecular formula is C12H17N. The summed E-state index contributed by atoms with van der Waals surface area (Å²) in [7, 11) is 2.10. The molecule has 0 radical (unpaired) electrons. The average Bonchev–Trinajstić information content (AvgIpc) is 2.32. The molecule has 1 rings (SSSR count). The van der Waals surface area contributed by atoms with Gasteiger partial charge in [-0.1, -0.05) is 24.8 Å². The molecule has 1 aromatic heterocycles. The lowest BCUT2D eigenvalue weighted by Gasteiger charge is -1.95. The lowest BCUT2D eigenvalue weighted by atomic mass is 10.2. The van der Waals surface area contributed by atoms with E-state index in [0.717, 1.165) is 0 Å². The summed E-state index contributed by atoms with van der Waals surface area (Å²) in [5.41, 5.74) is 2.66. The van der Waals surface area contributed by atoms with Crippen molar-refractivity contribution in [2.45, 2.75) is 20.8 Å². The molecule has 0 saturated carbocycles. The summed E-state index contributed by atoms with van der Waals surface area (Å²) in [5.74, 6) is 0. The third kappa shape index (κ3) is 1.46. The van der Waals surface area contributed by atoms with Crippen molar-refractivity contribution < 1.29 is 0 Å². The van der Waals surface area contributed by atoms with Gasteiger partial charge in [0, 0.05) is 23.3 Å². The van der Waals surface area contributed by atoms with Crippen molar-refractivity contribution in [1.29, 1.82) is 0 Å². The first-order valence-electron chi connectivity index (χ1n) is 4.54. The largest absolute Gasteiger partial charge is 0.348 e. The van der Waals surface area contributed by atoms with E-state index in [-0.39, 0.29) is 0 Å². The molecule has 0 fully saturated rings. The van der Waals surface area contributed by atoms with Gasteiger partial charge in [0.25, 0.3) is 0 Å². The first kappa shape index (κ1) is 9.85. The van der Waals surface area contributed by atoms with Gasteiger partial charge in [0.2, 0.25) is 0 Å². The second-order valence-electron chi connectivity index (χ2n) is 3.26. The van der Waals surface area contributed by atoms with Crippen LogP contribution < -0.4 is 10.6 Å². The summed E-state index contributed by atoms with van der Waals surface area (Å²) in [5, 5.41) is 2.56. The van der Waals surface area contributed by atoms with Gasteiger partial charge in [0.15, 0.2) is 0 Å². The van der Waals surface area contributed by atoms with Crippen LogP contribution in [0.4, 0.5) is 0 Å². The molecule has 0 aromatic carbocycles. The minimum atomic E-state index is 1.27. The lowest BCUT2D eigenvalue weighted by molar-refractivity contribution is 0.845. The van der Waals surface area contributed by atoms with Gasteiger partial charge >= 0.3 is 0 Å². The van der Waals surface area contributed by atoms with E-state index in [1.165, 1.54) is 21.8 Å². The van der Waals surface area contributed by atoms with Crippen molar-refractivity contribution in [3.63, 3.8) is 0 Å². The molecule has 0 unspecified atom stereocenters.